The summed E-state index contributed by atoms with van der Waals surface area (Å²) in [6.45, 7) is 8.25. The van der Waals surface area contributed by atoms with Crippen molar-refractivity contribution in [2.24, 2.45) is 5.41 Å². The fourth-order valence-electron chi connectivity index (χ4n) is 1.83. The lowest BCUT2D eigenvalue weighted by molar-refractivity contribution is -0.163. The van der Waals surface area contributed by atoms with Gasteiger partial charge in [0.1, 0.15) is 12.7 Å². The predicted octanol–water partition coefficient (Wildman–Crippen LogP) is 0.904. The number of nitrogens with zero attached hydrogens (tertiary/aromatic N) is 1. The maximum atomic E-state index is 12.3. The molecule has 1 atom stereocenters. The second-order valence-corrected chi connectivity index (χ2v) is 8.97. The van der Waals surface area contributed by atoms with Crippen LogP contribution in [0.4, 0.5) is 0 Å². The summed E-state index contributed by atoms with van der Waals surface area (Å²) >= 11 is 0. The molecule has 0 saturated heterocycles. The summed E-state index contributed by atoms with van der Waals surface area (Å²) in [6.07, 6.45) is 0.447. The van der Waals surface area contributed by atoms with E-state index in [1.54, 1.807) is 21.0 Å². The molecule has 0 N–H and O–H groups in total. The van der Waals surface area contributed by atoms with Crippen LogP contribution in [0.2, 0.25) is 0 Å². The fourth-order valence-corrected chi connectivity index (χ4v) is 2.27. The third-order valence-electron chi connectivity index (χ3n) is 3.34. The zero-order chi connectivity index (χ0) is 19.7. The van der Waals surface area contributed by atoms with Crippen molar-refractivity contribution in [2.45, 2.75) is 39.9 Å². The normalized spacial score (nSPS) is 14.1. The van der Waals surface area contributed by atoms with Crippen molar-refractivity contribution in [3.8, 4) is 0 Å². The van der Waals surface area contributed by atoms with Gasteiger partial charge >= 0.3 is 5.97 Å². The van der Waals surface area contributed by atoms with Crippen molar-refractivity contribution in [1.82, 2.24) is 4.31 Å². The molecule has 0 heterocycles. The van der Waals surface area contributed by atoms with Gasteiger partial charge in [0.05, 0.1) is 37.6 Å². The molecule has 0 aliphatic heterocycles. The van der Waals surface area contributed by atoms with Crippen molar-refractivity contribution in [1.29, 1.82) is 0 Å². The van der Waals surface area contributed by atoms with E-state index in [-0.39, 0.29) is 25.9 Å². The second kappa shape index (κ2) is 11.1. The molecule has 0 spiro atoms. The Morgan fingerprint density at radius 3 is 2.28 bits per heavy atom. The third kappa shape index (κ3) is 10.8. The van der Waals surface area contributed by atoms with Gasteiger partial charge in [0, 0.05) is 20.7 Å². The number of methoxy groups -OCH3 is 1. The van der Waals surface area contributed by atoms with Crippen LogP contribution in [0.3, 0.4) is 0 Å². The summed E-state index contributed by atoms with van der Waals surface area (Å²) in [4.78, 5) is 12.3. The Hall–Kier alpha value is -0.740. The molecular formula is C16H33NO7S. The second-order valence-electron chi connectivity index (χ2n) is 6.88. The third-order valence-corrected chi connectivity index (χ3v) is 4.62. The van der Waals surface area contributed by atoms with Crippen LogP contribution in [0, 0.1) is 5.41 Å². The number of hydrogen-bond donors (Lipinski definition) is 0. The average molecular weight is 384 g/mol. The van der Waals surface area contributed by atoms with Crippen molar-refractivity contribution >= 4 is 16.0 Å². The molecule has 0 unspecified atom stereocenters. The van der Waals surface area contributed by atoms with Crippen LogP contribution in [-0.2, 0) is 33.8 Å². The van der Waals surface area contributed by atoms with E-state index in [1.807, 2.05) is 13.8 Å². The maximum Gasteiger partial charge on any atom is 0.313 e. The molecule has 0 aromatic heterocycles. The first-order valence-corrected chi connectivity index (χ1v) is 10.1. The minimum atomic E-state index is -3.34. The van der Waals surface area contributed by atoms with Crippen molar-refractivity contribution in [3.05, 3.63) is 0 Å². The summed E-state index contributed by atoms with van der Waals surface area (Å²) in [5.74, 6) is -0.427. The lowest BCUT2D eigenvalue weighted by Crippen LogP contribution is -2.40. The van der Waals surface area contributed by atoms with Gasteiger partial charge in [-0.2, -0.15) is 0 Å². The number of carbonyl (C=O) groups excluding carboxylic acids is 1. The smallest absolute Gasteiger partial charge is 0.313 e. The highest BCUT2D eigenvalue weighted by molar-refractivity contribution is 7.88. The average Bonchev–Trinajstić information content (AvgIpc) is 2.47. The monoisotopic (exact) mass is 383 g/mol. The molecule has 0 fully saturated rings. The van der Waals surface area contributed by atoms with Crippen LogP contribution in [0.25, 0.3) is 0 Å². The fraction of sp³-hybridized carbons (Fsp3) is 0.938. The Balaban J connectivity index is 4.62. The zero-order valence-electron chi connectivity index (χ0n) is 16.4. The van der Waals surface area contributed by atoms with Crippen LogP contribution in [0.15, 0.2) is 0 Å². The van der Waals surface area contributed by atoms with Gasteiger partial charge in [-0.3, -0.25) is 4.79 Å². The van der Waals surface area contributed by atoms with E-state index in [2.05, 4.69) is 0 Å². The summed E-state index contributed by atoms with van der Waals surface area (Å²) in [5.41, 5.74) is -0.821. The molecule has 0 radical (unpaired) electrons. The van der Waals surface area contributed by atoms with E-state index < -0.39 is 27.5 Å². The van der Waals surface area contributed by atoms with Crippen molar-refractivity contribution < 1.29 is 32.2 Å². The maximum absolute atomic E-state index is 12.3. The van der Waals surface area contributed by atoms with Gasteiger partial charge < -0.3 is 18.9 Å². The highest BCUT2D eigenvalue weighted by atomic mass is 32.2. The molecule has 0 aromatic rings. The number of sulfonamides is 1. The number of rotatable bonds is 13. The first kappa shape index (κ1) is 24.3. The van der Waals surface area contributed by atoms with Crippen LogP contribution in [-0.4, -0.2) is 84.3 Å². The van der Waals surface area contributed by atoms with E-state index in [9.17, 15) is 13.2 Å². The Bertz CT molecular complexity index is 491. The summed E-state index contributed by atoms with van der Waals surface area (Å²) < 4.78 is 45.6. The molecule has 150 valence electrons. The minimum absolute atomic E-state index is 0.0294. The molecule has 0 aliphatic rings. The molecule has 25 heavy (non-hydrogen) atoms. The number of hydrogen-bond acceptors (Lipinski definition) is 7. The standard InChI is InChI=1S/C16H33NO7S/c1-13(2)24-14(10-17(5)25(7,19)20)11-23-15(18)16(3,4)12-22-9-8-21-6/h13-14H,8-12H2,1-7H3/t14-/m0/s1. The van der Waals surface area contributed by atoms with Gasteiger partial charge in [0.15, 0.2) is 0 Å². The lowest BCUT2D eigenvalue weighted by Gasteiger charge is -2.27. The van der Waals surface area contributed by atoms with Gasteiger partial charge in [0.25, 0.3) is 0 Å². The highest BCUT2D eigenvalue weighted by Gasteiger charge is 2.31. The molecular weight excluding hydrogens is 350 g/mol. The molecule has 0 amide bonds. The quantitative estimate of drug-likeness (QED) is 0.345. The van der Waals surface area contributed by atoms with Crippen molar-refractivity contribution in [3.63, 3.8) is 0 Å². The van der Waals surface area contributed by atoms with Crippen molar-refractivity contribution in [2.75, 3.05) is 53.4 Å². The minimum Gasteiger partial charge on any atom is -0.462 e. The van der Waals surface area contributed by atoms with Crippen LogP contribution in [0.1, 0.15) is 27.7 Å². The number of esters is 1. The molecule has 8 nitrogen and oxygen atoms in total. The molecule has 0 aromatic carbocycles. The van der Waals surface area contributed by atoms with Gasteiger partial charge in [-0.15, -0.1) is 0 Å². The SMILES string of the molecule is COCCOCC(C)(C)C(=O)OC[C@H](CN(C)S(C)(=O)=O)OC(C)C. The van der Waals surface area contributed by atoms with E-state index >= 15 is 0 Å². The Morgan fingerprint density at radius 1 is 1.20 bits per heavy atom. The largest absolute Gasteiger partial charge is 0.462 e. The molecule has 0 saturated carbocycles. The summed E-state index contributed by atoms with van der Waals surface area (Å²) in [7, 11) is -0.303. The Morgan fingerprint density at radius 2 is 1.80 bits per heavy atom. The number of ether oxygens (including phenoxy) is 4. The summed E-state index contributed by atoms with van der Waals surface area (Å²) in [5, 5.41) is 0. The number of likely N-dealkylation sites (N-methyl/N-ethyl adjacent to an activating group) is 1. The number of carbonyl (C=O) groups is 1. The van der Waals surface area contributed by atoms with E-state index in [0.29, 0.717) is 13.2 Å². The first-order chi connectivity index (χ1) is 11.4. The topological polar surface area (TPSA) is 91.4 Å². The molecule has 9 heteroatoms. The lowest BCUT2D eigenvalue weighted by atomic mass is 9.95. The van der Waals surface area contributed by atoms with Crippen LogP contribution in [0.5, 0.6) is 0 Å². The van der Waals surface area contributed by atoms with E-state index in [0.717, 1.165) is 6.26 Å². The highest BCUT2D eigenvalue weighted by Crippen LogP contribution is 2.18. The van der Waals surface area contributed by atoms with E-state index in [4.69, 9.17) is 18.9 Å². The van der Waals surface area contributed by atoms with Crippen LogP contribution >= 0.6 is 0 Å². The van der Waals surface area contributed by atoms with Gasteiger partial charge in [-0.25, -0.2) is 12.7 Å². The predicted molar refractivity (Wildman–Crippen MR) is 94.9 cm³/mol. The van der Waals surface area contributed by atoms with Gasteiger partial charge in [-0.1, -0.05) is 0 Å². The Kier molecular flexibility index (Phi) is 10.7. The first-order valence-electron chi connectivity index (χ1n) is 8.20. The van der Waals surface area contributed by atoms with Gasteiger partial charge in [0.2, 0.25) is 10.0 Å². The Labute approximate surface area is 151 Å². The van der Waals surface area contributed by atoms with Gasteiger partial charge in [-0.05, 0) is 27.7 Å². The molecule has 0 aliphatic carbocycles. The summed E-state index contributed by atoms with van der Waals surface area (Å²) in [6, 6.07) is 0. The zero-order valence-corrected chi connectivity index (χ0v) is 17.2. The van der Waals surface area contributed by atoms with Crippen LogP contribution < -0.4 is 0 Å². The molecule has 0 bridgehead atoms. The molecule has 0 rings (SSSR count). The van der Waals surface area contributed by atoms with E-state index in [1.165, 1.54) is 11.4 Å².